The van der Waals surface area contributed by atoms with Gasteiger partial charge in [-0.15, -0.1) is 11.3 Å². The average Bonchev–Trinajstić information content (AvgIpc) is 2.83. The second kappa shape index (κ2) is 7.45. The summed E-state index contributed by atoms with van der Waals surface area (Å²) in [5.74, 6) is 1.55. The number of aromatic nitrogens is 2. The van der Waals surface area contributed by atoms with Crippen molar-refractivity contribution in [2.75, 3.05) is 23.7 Å². The maximum Gasteiger partial charge on any atom is 0.224 e. The van der Waals surface area contributed by atoms with Gasteiger partial charge in [-0.1, -0.05) is 6.92 Å². The van der Waals surface area contributed by atoms with Crippen molar-refractivity contribution < 1.29 is 0 Å². The van der Waals surface area contributed by atoms with E-state index in [0.29, 0.717) is 5.95 Å². The lowest BCUT2D eigenvalue weighted by Crippen LogP contribution is -2.09. The molecular weight excluding hydrogens is 324 g/mol. The third-order valence-corrected chi connectivity index (χ3v) is 4.18. The Balaban J connectivity index is 1.82. The number of nitrogens with zero attached hydrogens (tertiary/aromatic N) is 2. The van der Waals surface area contributed by atoms with Crippen LogP contribution in [0.1, 0.15) is 18.2 Å². The number of thiophene rings is 1. The molecule has 0 atom stereocenters. The highest BCUT2D eigenvalue weighted by Gasteiger charge is 2.00. The molecule has 0 aliphatic rings. The summed E-state index contributed by atoms with van der Waals surface area (Å²) in [5, 5.41) is 6.50. The van der Waals surface area contributed by atoms with E-state index in [0.717, 1.165) is 31.7 Å². The Morgan fingerprint density at radius 3 is 2.84 bits per heavy atom. The molecule has 0 aliphatic heterocycles. The Labute approximate surface area is 125 Å². The van der Waals surface area contributed by atoms with Gasteiger partial charge < -0.3 is 10.6 Å². The first-order chi connectivity index (χ1) is 9.28. The van der Waals surface area contributed by atoms with E-state index >= 15 is 0 Å². The molecule has 0 spiro atoms. The van der Waals surface area contributed by atoms with Gasteiger partial charge in [0, 0.05) is 24.2 Å². The number of halogens is 1. The smallest absolute Gasteiger partial charge is 0.224 e. The van der Waals surface area contributed by atoms with Crippen molar-refractivity contribution in [2.45, 2.75) is 19.8 Å². The molecule has 0 amide bonds. The first-order valence-corrected chi connectivity index (χ1v) is 7.94. The quantitative estimate of drug-likeness (QED) is 0.805. The van der Waals surface area contributed by atoms with Gasteiger partial charge in [0.2, 0.25) is 5.95 Å². The summed E-state index contributed by atoms with van der Waals surface area (Å²) in [4.78, 5) is 9.95. The van der Waals surface area contributed by atoms with Gasteiger partial charge in [-0.25, -0.2) is 4.98 Å². The molecular formula is C13H17BrN4S. The van der Waals surface area contributed by atoms with Crippen molar-refractivity contribution in [3.8, 4) is 0 Å². The van der Waals surface area contributed by atoms with E-state index in [4.69, 9.17) is 0 Å². The standard InChI is InChI=1S/C13H17BrN4S/c1-2-7-16-13-17-9-6-12(18-13)15-8-5-10-3-4-11(14)19-10/h3-4,6,9H,2,5,7-8H2,1H3,(H2,15,16,17,18). The zero-order valence-electron chi connectivity index (χ0n) is 10.8. The molecule has 2 aromatic rings. The lowest BCUT2D eigenvalue weighted by Gasteiger charge is -2.07. The molecule has 0 radical (unpaired) electrons. The molecule has 6 heteroatoms. The van der Waals surface area contributed by atoms with E-state index in [1.165, 1.54) is 8.66 Å². The molecule has 2 N–H and O–H groups in total. The van der Waals surface area contributed by atoms with E-state index in [1.807, 2.05) is 6.07 Å². The second-order valence-corrected chi connectivity index (χ2v) is 6.62. The first kappa shape index (κ1) is 14.3. The predicted octanol–water partition coefficient (Wildman–Crippen LogP) is 3.78. The summed E-state index contributed by atoms with van der Waals surface area (Å²) in [5.41, 5.74) is 0. The fourth-order valence-corrected chi connectivity index (χ4v) is 3.06. The van der Waals surface area contributed by atoms with Gasteiger partial charge in [0.25, 0.3) is 0 Å². The van der Waals surface area contributed by atoms with Crippen molar-refractivity contribution in [1.82, 2.24) is 9.97 Å². The van der Waals surface area contributed by atoms with Crippen molar-refractivity contribution >= 4 is 39.0 Å². The number of rotatable bonds is 7. The lowest BCUT2D eigenvalue weighted by molar-refractivity contribution is 0.948. The van der Waals surface area contributed by atoms with Crippen molar-refractivity contribution in [1.29, 1.82) is 0 Å². The molecule has 0 unspecified atom stereocenters. The second-order valence-electron chi connectivity index (χ2n) is 4.07. The van der Waals surface area contributed by atoms with Gasteiger partial charge in [-0.2, -0.15) is 4.98 Å². The molecule has 0 aliphatic carbocycles. The van der Waals surface area contributed by atoms with Gasteiger partial charge in [0.1, 0.15) is 5.82 Å². The Bertz CT molecular complexity index is 515. The van der Waals surface area contributed by atoms with E-state index in [1.54, 1.807) is 17.5 Å². The molecule has 2 aromatic heterocycles. The van der Waals surface area contributed by atoms with Crippen LogP contribution in [-0.2, 0) is 6.42 Å². The van der Waals surface area contributed by atoms with Gasteiger partial charge in [0.05, 0.1) is 3.79 Å². The van der Waals surface area contributed by atoms with Crippen molar-refractivity contribution in [2.24, 2.45) is 0 Å². The molecule has 2 rings (SSSR count). The average molecular weight is 341 g/mol. The van der Waals surface area contributed by atoms with Crippen LogP contribution in [0, 0.1) is 0 Å². The molecule has 0 saturated heterocycles. The topological polar surface area (TPSA) is 49.8 Å². The summed E-state index contributed by atoms with van der Waals surface area (Å²) >= 11 is 5.24. The van der Waals surface area contributed by atoms with Crippen molar-refractivity contribution in [3.05, 3.63) is 33.1 Å². The fraction of sp³-hybridized carbons (Fsp3) is 0.385. The fourth-order valence-electron chi connectivity index (χ4n) is 1.58. The summed E-state index contributed by atoms with van der Waals surface area (Å²) < 4.78 is 1.18. The minimum atomic E-state index is 0.686. The van der Waals surface area contributed by atoms with Crippen LogP contribution in [0.5, 0.6) is 0 Å². The van der Waals surface area contributed by atoms with Crippen LogP contribution in [0.4, 0.5) is 11.8 Å². The summed E-state index contributed by atoms with van der Waals surface area (Å²) in [6.45, 7) is 3.89. The van der Waals surface area contributed by atoms with E-state index in [9.17, 15) is 0 Å². The van der Waals surface area contributed by atoms with Crippen LogP contribution in [0.3, 0.4) is 0 Å². The normalized spacial score (nSPS) is 10.4. The van der Waals surface area contributed by atoms with Gasteiger partial charge in [-0.05, 0) is 47.0 Å². The lowest BCUT2D eigenvalue weighted by atomic mass is 10.3. The molecule has 19 heavy (non-hydrogen) atoms. The minimum absolute atomic E-state index is 0.686. The monoisotopic (exact) mass is 340 g/mol. The Kier molecular flexibility index (Phi) is 5.60. The molecule has 0 saturated carbocycles. The Morgan fingerprint density at radius 1 is 1.21 bits per heavy atom. The molecule has 4 nitrogen and oxygen atoms in total. The van der Waals surface area contributed by atoms with Crippen LogP contribution in [0.25, 0.3) is 0 Å². The van der Waals surface area contributed by atoms with Gasteiger partial charge in [-0.3, -0.25) is 0 Å². The van der Waals surface area contributed by atoms with Crippen LogP contribution in [-0.4, -0.2) is 23.1 Å². The first-order valence-electron chi connectivity index (χ1n) is 6.33. The summed E-state index contributed by atoms with van der Waals surface area (Å²) in [6, 6.07) is 6.11. The third-order valence-electron chi connectivity index (χ3n) is 2.50. The highest BCUT2D eigenvalue weighted by atomic mass is 79.9. The maximum atomic E-state index is 4.41. The zero-order valence-corrected chi connectivity index (χ0v) is 13.2. The highest BCUT2D eigenvalue weighted by molar-refractivity contribution is 9.11. The highest BCUT2D eigenvalue weighted by Crippen LogP contribution is 2.22. The number of hydrogen-bond donors (Lipinski definition) is 2. The van der Waals surface area contributed by atoms with Crippen LogP contribution in [0.2, 0.25) is 0 Å². The van der Waals surface area contributed by atoms with Crippen LogP contribution < -0.4 is 10.6 Å². The largest absolute Gasteiger partial charge is 0.370 e. The van der Waals surface area contributed by atoms with Crippen molar-refractivity contribution in [3.63, 3.8) is 0 Å². The maximum absolute atomic E-state index is 4.41. The molecule has 102 valence electrons. The molecule has 0 bridgehead atoms. The Hall–Kier alpha value is -1.14. The van der Waals surface area contributed by atoms with Gasteiger partial charge in [0.15, 0.2) is 0 Å². The Morgan fingerprint density at radius 2 is 2.11 bits per heavy atom. The van der Waals surface area contributed by atoms with Crippen LogP contribution in [0.15, 0.2) is 28.2 Å². The van der Waals surface area contributed by atoms with E-state index in [-0.39, 0.29) is 0 Å². The molecule has 2 heterocycles. The number of nitrogens with one attached hydrogen (secondary N) is 2. The van der Waals surface area contributed by atoms with E-state index in [2.05, 4.69) is 55.6 Å². The summed E-state index contributed by atoms with van der Waals surface area (Å²) in [7, 11) is 0. The zero-order chi connectivity index (χ0) is 13.5. The number of hydrogen-bond acceptors (Lipinski definition) is 5. The SMILES string of the molecule is CCCNc1nccc(NCCc2ccc(Br)s2)n1. The molecule has 0 aromatic carbocycles. The van der Waals surface area contributed by atoms with Crippen LogP contribution >= 0.6 is 27.3 Å². The minimum Gasteiger partial charge on any atom is -0.370 e. The number of anilines is 2. The third kappa shape index (κ3) is 4.80. The van der Waals surface area contributed by atoms with Gasteiger partial charge >= 0.3 is 0 Å². The summed E-state index contributed by atoms with van der Waals surface area (Å²) in [6.07, 6.45) is 3.83. The predicted molar refractivity (Wildman–Crippen MR) is 85.0 cm³/mol. The molecule has 0 fully saturated rings. The van der Waals surface area contributed by atoms with E-state index < -0.39 is 0 Å².